The van der Waals surface area contributed by atoms with Gasteiger partial charge in [0.15, 0.2) is 0 Å². The van der Waals surface area contributed by atoms with Gasteiger partial charge < -0.3 is 10.5 Å². The molecular formula is C16H27NO. The number of hydrogen-bond acceptors (Lipinski definition) is 2. The molecule has 0 radical (unpaired) electrons. The molecule has 0 aliphatic rings. The molecule has 0 saturated carbocycles. The van der Waals surface area contributed by atoms with Crippen molar-refractivity contribution in [3.63, 3.8) is 0 Å². The van der Waals surface area contributed by atoms with E-state index in [0.717, 1.165) is 31.6 Å². The van der Waals surface area contributed by atoms with Crippen LogP contribution in [0.15, 0.2) is 18.2 Å². The summed E-state index contributed by atoms with van der Waals surface area (Å²) in [6, 6.07) is 6.72. The Morgan fingerprint density at radius 2 is 1.94 bits per heavy atom. The first-order valence-corrected chi connectivity index (χ1v) is 7.09. The third kappa shape index (κ3) is 4.34. The van der Waals surface area contributed by atoms with Crippen molar-refractivity contribution in [3.8, 4) is 5.75 Å². The van der Waals surface area contributed by atoms with Crippen molar-refractivity contribution in [2.75, 3.05) is 6.61 Å². The monoisotopic (exact) mass is 249 g/mol. The summed E-state index contributed by atoms with van der Waals surface area (Å²) in [5.41, 5.74) is 8.50. The lowest BCUT2D eigenvalue weighted by molar-refractivity contribution is 0.312. The van der Waals surface area contributed by atoms with E-state index in [1.54, 1.807) is 0 Å². The van der Waals surface area contributed by atoms with E-state index >= 15 is 0 Å². The summed E-state index contributed by atoms with van der Waals surface area (Å²) in [4.78, 5) is 0. The van der Waals surface area contributed by atoms with E-state index in [9.17, 15) is 0 Å². The molecular weight excluding hydrogens is 222 g/mol. The van der Waals surface area contributed by atoms with Gasteiger partial charge in [-0.2, -0.15) is 0 Å². The molecule has 0 aliphatic heterocycles. The summed E-state index contributed by atoms with van der Waals surface area (Å²) < 4.78 is 5.84. The SMILES string of the molecule is CCCOc1ccc(CC(C)N)cc1C(C)CC. The smallest absolute Gasteiger partial charge is 0.122 e. The maximum absolute atomic E-state index is 5.87. The average molecular weight is 249 g/mol. The van der Waals surface area contributed by atoms with Gasteiger partial charge in [0.1, 0.15) is 5.75 Å². The van der Waals surface area contributed by atoms with Crippen molar-refractivity contribution in [1.82, 2.24) is 0 Å². The van der Waals surface area contributed by atoms with Crippen LogP contribution in [0.5, 0.6) is 5.75 Å². The third-order valence-electron chi connectivity index (χ3n) is 3.24. The zero-order valence-electron chi connectivity index (χ0n) is 12.2. The van der Waals surface area contributed by atoms with E-state index in [-0.39, 0.29) is 6.04 Å². The van der Waals surface area contributed by atoms with Gasteiger partial charge in [-0.3, -0.25) is 0 Å². The third-order valence-corrected chi connectivity index (χ3v) is 3.24. The summed E-state index contributed by atoms with van der Waals surface area (Å²) in [5.74, 6) is 1.57. The van der Waals surface area contributed by atoms with Crippen LogP contribution in [0.4, 0.5) is 0 Å². The van der Waals surface area contributed by atoms with Crippen LogP contribution in [0, 0.1) is 0 Å². The van der Waals surface area contributed by atoms with Crippen LogP contribution >= 0.6 is 0 Å². The molecule has 0 heterocycles. The summed E-state index contributed by atoms with van der Waals surface area (Å²) >= 11 is 0. The lowest BCUT2D eigenvalue weighted by Gasteiger charge is -2.17. The molecule has 2 unspecified atom stereocenters. The largest absolute Gasteiger partial charge is 0.493 e. The van der Waals surface area contributed by atoms with Crippen LogP contribution < -0.4 is 10.5 Å². The first-order valence-electron chi connectivity index (χ1n) is 7.09. The Morgan fingerprint density at radius 1 is 1.22 bits per heavy atom. The summed E-state index contributed by atoms with van der Waals surface area (Å²) in [5, 5.41) is 0. The minimum atomic E-state index is 0.206. The second-order valence-corrected chi connectivity index (χ2v) is 5.21. The van der Waals surface area contributed by atoms with Crippen molar-refractivity contribution < 1.29 is 4.74 Å². The molecule has 2 nitrogen and oxygen atoms in total. The van der Waals surface area contributed by atoms with Crippen LogP contribution in [-0.2, 0) is 6.42 Å². The van der Waals surface area contributed by atoms with Crippen LogP contribution in [0.25, 0.3) is 0 Å². The fourth-order valence-electron chi connectivity index (χ4n) is 2.05. The van der Waals surface area contributed by atoms with Gasteiger partial charge in [-0.1, -0.05) is 32.9 Å². The molecule has 0 fully saturated rings. The van der Waals surface area contributed by atoms with Crippen LogP contribution in [-0.4, -0.2) is 12.6 Å². The standard InChI is InChI=1S/C16H27NO/c1-5-9-18-16-8-7-14(10-13(4)17)11-15(16)12(3)6-2/h7-8,11-13H,5-6,9-10,17H2,1-4H3. The molecule has 2 atom stereocenters. The normalized spacial score (nSPS) is 14.3. The molecule has 0 aromatic heterocycles. The topological polar surface area (TPSA) is 35.2 Å². The molecule has 0 amide bonds. The lowest BCUT2D eigenvalue weighted by Crippen LogP contribution is -2.18. The quantitative estimate of drug-likeness (QED) is 0.796. The molecule has 2 heteroatoms. The number of benzene rings is 1. The van der Waals surface area contributed by atoms with Gasteiger partial charge >= 0.3 is 0 Å². The van der Waals surface area contributed by atoms with E-state index in [4.69, 9.17) is 10.5 Å². The molecule has 1 aromatic rings. The Balaban J connectivity index is 2.96. The first-order chi connectivity index (χ1) is 8.58. The fraction of sp³-hybridized carbons (Fsp3) is 0.625. The Morgan fingerprint density at radius 3 is 2.50 bits per heavy atom. The van der Waals surface area contributed by atoms with E-state index < -0.39 is 0 Å². The highest BCUT2D eigenvalue weighted by Crippen LogP contribution is 2.30. The second-order valence-electron chi connectivity index (χ2n) is 5.21. The predicted molar refractivity (Wildman–Crippen MR) is 78.3 cm³/mol. The van der Waals surface area contributed by atoms with Crippen LogP contribution in [0.1, 0.15) is 57.6 Å². The Hall–Kier alpha value is -1.02. The maximum atomic E-state index is 5.87. The highest BCUT2D eigenvalue weighted by Gasteiger charge is 2.11. The summed E-state index contributed by atoms with van der Waals surface area (Å²) in [6.07, 6.45) is 3.10. The molecule has 2 N–H and O–H groups in total. The van der Waals surface area contributed by atoms with Crippen molar-refractivity contribution in [3.05, 3.63) is 29.3 Å². The zero-order valence-corrected chi connectivity index (χ0v) is 12.2. The van der Waals surface area contributed by atoms with Gasteiger partial charge in [0.25, 0.3) is 0 Å². The number of hydrogen-bond donors (Lipinski definition) is 1. The summed E-state index contributed by atoms with van der Waals surface area (Å²) in [6.45, 7) is 9.43. The van der Waals surface area contributed by atoms with E-state index in [1.807, 2.05) is 6.92 Å². The molecule has 0 bridgehead atoms. The average Bonchev–Trinajstić information content (AvgIpc) is 2.35. The predicted octanol–water partition coefficient (Wildman–Crippen LogP) is 3.88. The van der Waals surface area contributed by atoms with Crippen molar-refractivity contribution >= 4 is 0 Å². The highest BCUT2D eigenvalue weighted by molar-refractivity contribution is 5.39. The van der Waals surface area contributed by atoms with Gasteiger partial charge in [-0.15, -0.1) is 0 Å². The Bertz CT molecular complexity index is 360. The van der Waals surface area contributed by atoms with Gasteiger partial charge in [0.2, 0.25) is 0 Å². The van der Waals surface area contributed by atoms with E-state index in [1.165, 1.54) is 11.1 Å². The molecule has 102 valence electrons. The molecule has 0 aliphatic carbocycles. The van der Waals surface area contributed by atoms with E-state index in [2.05, 4.69) is 39.0 Å². The summed E-state index contributed by atoms with van der Waals surface area (Å²) in [7, 11) is 0. The van der Waals surface area contributed by atoms with Gasteiger partial charge in [0, 0.05) is 6.04 Å². The van der Waals surface area contributed by atoms with Crippen LogP contribution in [0.3, 0.4) is 0 Å². The Kier molecular flexibility index (Phi) is 6.20. The first kappa shape index (κ1) is 15.0. The Labute approximate surface area is 112 Å². The number of nitrogens with two attached hydrogens (primary N) is 1. The van der Waals surface area contributed by atoms with Gasteiger partial charge in [-0.05, 0) is 49.3 Å². The van der Waals surface area contributed by atoms with E-state index in [0.29, 0.717) is 5.92 Å². The highest BCUT2D eigenvalue weighted by atomic mass is 16.5. The maximum Gasteiger partial charge on any atom is 0.122 e. The second kappa shape index (κ2) is 7.42. The van der Waals surface area contributed by atoms with Crippen LogP contribution in [0.2, 0.25) is 0 Å². The fourth-order valence-corrected chi connectivity index (χ4v) is 2.05. The van der Waals surface area contributed by atoms with Gasteiger partial charge in [-0.25, -0.2) is 0 Å². The minimum absolute atomic E-state index is 0.206. The molecule has 0 saturated heterocycles. The molecule has 0 spiro atoms. The number of ether oxygens (including phenoxy) is 1. The molecule has 18 heavy (non-hydrogen) atoms. The van der Waals surface area contributed by atoms with Crippen molar-refractivity contribution in [2.45, 2.75) is 58.9 Å². The van der Waals surface area contributed by atoms with Gasteiger partial charge in [0.05, 0.1) is 6.61 Å². The minimum Gasteiger partial charge on any atom is -0.493 e. The molecule has 1 aromatic carbocycles. The zero-order chi connectivity index (χ0) is 13.5. The molecule has 1 rings (SSSR count). The number of rotatable bonds is 7. The lowest BCUT2D eigenvalue weighted by atomic mass is 9.94. The van der Waals surface area contributed by atoms with Crippen molar-refractivity contribution in [1.29, 1.82) is 0 Å². The van der Waals surface area contributed by atoms with Crippen molar-refractivity contribution in [2.24, 2.45) is 5.73 Å².